The van der Waals surface area contributed by atoms with E-state index in [-0.39, 0.29) is 15.6 Å². The highest BCUT2D eigenvalue weighted by Crippen LogP contribution is 2.45. The van der Waals surface area contributed by atoms with Crippen molar-refractivity contribution in [2.45, 2.75) is 26.8 Å². The molecule has 0 radical (unpaired) electrons. The van der Waals surface area contributed by atoms with E-state index in [1.54, 1.807) is 31.2 Å². The fourth-order valence-electron chi connectivity index (χ4n) is 4.20. The molecule has 0 aliphatic carbocycles. The van der Waals surface area contributed by atoms with Crippen LogP contribution in [-0.2, 0) is 14.3 Å². The summed E-state index contributed by atoms with van der Waals surface area (Å²) in [6, 6.07) is 13.2. The first-order valence-electron chi connectivity index (χ1n) is 12.3. The van der Waals surface area contributed by atoms with Gasteiger partial charge >= 0.3 is 5.97 Å². The minimum absolute atomic E-state index is 0.119. The highest BCUT2D eigenvalue weighted by atomic mass is 32.1. The van der Waals surface area contributed by atoms with Crippen LogP contribution in [0.15, 0.2) is 65.9 Å². The molecule has 4 rings (SSSR count). The second-order valence-corrected chi connectivity index (χ2v) is 9.40. The van der Waals surface area contributed by atoms with Gasteiger partial charge < -0.3 is 19.3 Å². The van der Waals surface area contributed by atoms with Crippen molar-refractivity contribution < 1.29 is 33.7 Å². The first kappa shape index (κ1) is 27.6. The zero-order chi connectivity index (χ0) is 28.1. The Morgan fingerprint density at radius 3 is 2.44 bits per heavy atom. The lowest BCUT2D eigenvalue weighted by atomic mass is 9.95. The smallest absolute Gasteiger partial charge is 0.350 e. The van der Waals surface area contributed by atoms with Crippen molar-refractivity contribution in [1.29, 1.82) is 0 Å². The highest BCUT2D eigenvalue weighted by molar-refractivity contribution is 7.17. The van der Waals surface area contributed by atoms with Gasteiger partial charge in [0.05, 0.1) is 37.6 Å². The lowest BCUT2D eigenvalue weighted by Crippen LogP contribution is -2.31. The summed E-state index contributed by atoms with van der Waals surface area (Å²) in [6.07, 6.45) is 2.93. The Morgan fingerprint density at radius 2 is 1.77 bits per heavy atom. The normalized spacial score (nSPS) is 15.2. The van der Waals surface area contributed by atoms with E-state index in [0.29, 0.717) is 36.0 Å². The molecule has 10 heteroatoms. The highest BCUT2D eigenvalue weighted by Gasteiger charge is 2.45. The van der Waals surface area contributed by atoms with Crippen molar-refractivity contribution in [3.8, 4) is 11.5 Å². The number of benzene rings is 2. The molecular formula is C29H28N2O7S. The van der Waals surface area contributed by atoms with Gasteiger partial charge in [-0.25, -0.2) is 9.78 Å². The molecule has 0 bridgehead atoms. The number of esters is 1. The number of aryl methyl sites for hydroxylation is 1. The number of hydrogen-bond donors (Lipinski definition) is 1. The molecule has 202 valence electrons. The number of allylic oxidation sites excluding steroid dienone is 1. The number of hydrogen-bond acceptors (Lipinski definition) is 9. The van der Waals surface area contributed by atoms with E-state index in [4.69, 9.17) is 14.2 Å². The molecule has 1 atom stereocenters. The second-order valence-electron chi connectivity index (χ2n) is 8.42. The van der Waals surface area contributed by atoms with Crippen LogP contribution < -0.4 is 14.4 Å². The van der Waals surface area contributed by atoms with Gasteiger partial charge in [0, 0.05) is 0 Å². The zero-order valence-corrected chi connectivity index (χ0v) is 22.8. The molecule has 9 nitrogen and oxygen atoms in total. The average Bonchev–Trinajstić information content (AvgIpc) is 3.45. The molecule has 39 heavy (non-hydrogen) atoms. The summed E-state index contributed by atoms with van der Waals surface area (Å²) < 4.78 is 16.3. The van der Waals surface area contributed by atoms with Crippen LogP contribution in [-0.4, -0.2) is 48.1 Å². The van der Waals surface area contributed by atoms with Gasteiger partial charge in [0.25, 0.3) is 5.91 Å². The van der Waals surface area contributed by atoms with Crippen LogP contribution in [0, 0.1) is 6.92 Å². The Kier molecular flexibility index (Phi) is 8.46. The van der Waals surface area contributed by atoms with Gasteiger partial charge in [-0.05, 0) is 50.1 Å². The largest absolute Gasteiger partial charge is 0.503 e. The van der Waals surface area contributed by atoms with Crippen molar-refractivity contribution in [3.63, 3.8) is 0 Å². The Hall–Kier alpha value is -4.44. The molecule has 1 amide bonds. The van der Waals surface area contributed by atoms with Gasteiger partial charge in [-0.1, -0.05) is 53.8 Å². The van der Waals surface area contributed by atoms with E-state index in [2.05, 4.69) is 4.98 Å². The number of ketones is 1. The third-order valence-corrected chi connectivity index (χ3v) is 7.08. The third-order valence-electron chi connectivity index (χ3n) is 5.95. The summed E-state index contributed by atoms with van der Waals surface area (Å²) in [5, 5.41) is 11.1. The number of nitrogens with zero attached hydrogens (tertiary/aromatic N) is 2. The summed E-state index contributed by atoms with van der Waals surface area (Å²) in [6.45, 7) is 6.07. The lowest BCUT2D eigenvalue weighted by Gasteiger charge is -2.25. The summed E-state index contributed by atoms with van der Waals surface area (Å²) in [7, 11) is 1.25. The van der Waals surface area contributed by atoms with Gasteiger partial charge in [-0.2, -0.15) is 0 Å². The molecule has 1 aliphatic heterocycles. The van der Waals surface area contributed by atoms with Crippen molar-refractivity contribution in [3.05, 3.63) is 87.6 Å². The van der Waals surface area contributed by atoms with E-state index in [9.17, 15) is 19.5 Å². The SMILES string of the molecule is CCOc1ccc(C2C(C(=O)C=Cc3ccccc3)=C(O)C(=O)N2c2nc(C)c(C(=O)OC)s2)cc1OCC. The number of thiazole rings is 1. The Balaban J connectivity index is 1.85. The van der Waals surface area contributed by atoms with Crippen molar-refractivity contribution >= 4 is 40.2 Å². The molecule has 2 heterocycles. The van der Waals surface area contributed by atoms with Crippen molar-refractivity contribution in [2.24, 2.45) is 0 Å². The summed E-state index contributed by atoms with van der Waals surface area (Å²) >= 11 is 0.940. The monoisotopic (exact) mass is 548 g/mol. The molecule has 3 aromatic rings. The number of carbonyl (C=O) groups is 3. The van der Waals surface area contributed by atoms with Crippen LogP contribution in [0.4, 0.5) is 5.13 Å². The minimum Gasteiger partial charge on any atom is -0.503 e. The number of aliphatic hydroxyl groups is 1. The van der Waals surface area contributed by atoms with Crippen LogP contribution in [0.2, 0.25) is 0 Å². The number of ether oxygens (including phenoxy) is 3. The van der Waals surface area contributed by atoms with Crippen LogP contribution in [0.25, 0.3) is 6.08 Å². The number of carbonyl (C=O) groups excluding carboxylic acids is 3. The molecule has 1 aliphatic rings. The van der Waals surface area contributed by atoms with Crippen LogP contribution in [0.3, 0.4) is 0 Å². The van der Waals surface area contributed by atoms with Gasteiger partial charge in [-0.3, -0.25) is 14.5 Å². The molecule has 1 unspecified atom stereocenters. The topological polar surface area (TPSA) is 115 Å². The number of anilines is 1. The molecular weight excluding hydrogens is 520 g/mol. The maximum Gasteiger partial charge on any atom is 0.350 e. The quantitative estimate of drug-likeness (QED) is 0.271. The number of amides is 1. The van der Waals surface area contributed by atoms with Crippen LogP contribution in [0.5, 0.6) is 11.5 Å². The Morgan fingerprint density at radius 1 is 1.08 bits per heavy atom. The average molecular weight is 549 g/mol. The summed E-state index contributed by atoms with van der Waals surface area (Å²) in [5.41, 5.74) is 1.51. The fourth-order valence-corrected chi connectivity index (χ4v) is 5.21. The van der Waals surface area contributed by atoms with E-state index in [0.717, 1.165) is 16.9 Å². The van der Waals surface area contributed by atoms with Gasteiger partial charge in [-0.15, -0.1) is 0 Å². The molecule has 1 aromatic heterocycles. The Bertz CT molecular complexity index is 1460. The molecule has 0 fully saturated rings. The van der Waals surface area contributed by atoms with Gasteiger partial charge in [0.15, 0.2) is 28.2 Å². The Labute approximate surface area is 230 Å². The fraction of sp³-hybridized carbons (Fsp3) is 0.241. The predicted octanol–water partition coefficient (Wildman–Crippen LogP) is 5.22. The van der Waals surface area contributed by atoms with Gasteiger partial charge in [0.1, 0.15) is 4.88 Å². The molecule has 0 saturated carbocycles. The van der Waals surface area contributed by atoms with E-state index in [1.807, 2.05) is 44.2 Å². The standard InChI is InChI=1S/C29H28N2O7S/c1-5-37-21-15-13-19(16-22(21)38-6-2)24-23(20(32)14-12-18-10-8-7-9-11-18)25(33)27(34)31(24)29-30-17(3)26(39-29)28(35)36-4/h7-16,24,33H,5-6H2,1-4H3. The van der Waals surface area contributed by atoms with Gasteiger partial charge in [0.2, 0.25) is 0 Å². The number of aliphatic hydroxyl groups excluding tert-OH is 1. The molecule has 1 N–H and O–H groups in total. The third kappa shape index (κ3) is 5.56. The first-order valence-corrected chi connectivity index (χ1v) is 13.1. The minimum atomic E-state index is -1.05. The molecule has 0 saturated heterocycles. The lowest BCUT2D eigenvalue weighted by molar-refractivity contribution is -0.117. The molecule has 2 aromatic carbocycles. The summed E-state index contributed by atoms with van der Waals surface area (Å²) in [4.78, 5) is 45.1. The zero-order valence-electron chi connectivity index (χ0n) is 22.0. The second kappa shape index (κ2) is 12.0. The first-order chi connectivity index (χ1) is 18.8. The van der Waals surface area contributed by atoms with E-state index < -0.39 is 29.5 Å². The van der Waals surface area contributed by atoms with Crippen LogP contribution >= 0.6 is 11.3 Å². The predicted molar refractivity (Wildman–Crippen MR) is 147 cm³/mol. The maximum absolute atomic E-state index is 13.5. The van der Waals surface area contributed by atoms with E-state index >= 15 is 0 Å². The molecule has 0 spiro atoms. The van der Waals surface area contributed by atoms with Crippen LogP contribution in [0.1, 0.15) is 46.4 Å². The summed E-state index contributed by atoms with van der Waals surface area (Å²) in [5.74, 6) is -1.73. The van der Waals surface area contributed by atoms with E-state index in [1.165, 1.54) is 18.1 Å². The van der Waals surface area contributed by atoms with Crippen molar-refractivity contribution in [1.82, 2.24) is 4.98 Å². The van der Waals surface area contributed by atoms with Crippen molar-refractivity contribution in [2.75, 3.05) is 25.2 Å². The number of aromatic nitrogens is 1. The number of rotatable bonds is 10. The maximum atomic E-state index is 13.5. The number of methoxy groups -OCH3 is 1.